The Morgan fingerprint density at radius 3 is 2.80 bits per heavy atom. The van der Waals surface area contributed by atoms with Crippen LogP contribution in [0.1, 0.15) is 58.3 Å². The normalized spacial score (nSPS) is 38.9. The zero-order chi connectivity index (χ0) is 20.9. The Balaban J connectivity index is 1.32. The lowest BCUT2D eigenvalue weighted by Gasteiger charge is -2.53. The molecule has 0 aromatic heterocycles. The maximum Gasteiger partial charge on any atom is 0.314 e. The van der Waals surface area contributed by atoms with Crippen molar-refractivity contribution in [3.05, 3.63) is 46.0 Å². The Labute approximate surface area is 177 Å². The Kier molecular flexibility index (Phi) is 4.92. The van der Waals surface area contributed by atoms with Crippen molar-refractivity contribution in [3.8, 4) is 5.75 Å². The molecule has 6 heteroatoms. The Morgan fingerprint density at radius 2 is 1.97 bits per heavy atom. The first-order valence-corrected chi connectivity index (χ1v) is 11.3. The maximum atomic E-state index is 11.2. The highest BCUT2D eigenvalue weighted by Crippen LogP contribution is 2.61. The summed E-state index contributed by atoms with van der Waals surface area (Å²) in [6, 6.07) is 6.36. The maximum absolute atomic E-state index is 11.2. The molecule has 6 atom stereocenters. The SMILES string of the molecule is CC12CCC3C4CC/C(=N\Oc5ccccc5[N+](=O)[O-])C=C4CCC3C1CC[C@@H]2O. The summed E-state index contributed by atoms with van der Waals surface area (Å²) in [7, 11) is 0. The minimum atomic E-state index is -0.442. The number of nitro benzene ring substituents is 1. The van der Waals surface area contributed by atoms with Crippen molar-refractivity contribution in [1.29, 1.82) is 0 Å². The van der Waals surface area contributed by atoms with Crippen molar-refractivity contribution in [2.75, 3.05) is 0 Å². The molecule has 0 heterocycles. The number of allylic oxidation sites excluding steroid dienone is 2. The lowest BCUT2D eigenvalue weighted by molar-refractivity contribution is -0.385. The third-order valence-electron chi connectivity index (χ3n) is 8.59. The molecule has 4 aliphatic carbocycles. The molecular weight excluding hydrogens is 380 g/mol. The van der Waals surface area contributed by atoms with E-state index in [0.717, 1.165) is 49.7 Å². The van der Waals surface area contributed by atoms with Gasteiger partial charge in [-0.05, 0) is 92.6 Å². The molecular formula is C24H30N2O4. The van der Waals surface area contributed by atoms with E-state index in [1.54, 1.807) is 18.2 Å². The summed E-state index contributed by atoms with van der Waals surface area (Å²) in [6.07, 6.45) is 10.8. The minimum Gasteiger partial charge on any atom is -0.393 e. The van der Waals surface area contributed by atoms with E-state index in [2.05, 4.69) is 18.2 Å². The number of aliphatic hydroxyl groups is 1. The van der Waals surface area contributed by atoms with Gasteiger partial charge in [0.1, 0.15) is 0 Å². The molecule has 5 rings (SSSR count). The summed E-state index contributed by atoms with van der Waals surface area (Å²) in [5.74, 6) is 2.95. The van der Waals surface area contributed by atoms with Crippen molar-refractivity contribution >= 4 is 11.4 Å². The first-order chi connectivity index (χ1) is 14.5. The fourth-order valence-electron chi connectivity index (χ4n) is 7.03. The summed E-state index contributed by atoms with van der Waals surface area (Å²) in [6.45, 7) is 2.32. The lowest BCUT2D eigenvalue weighted by atomic mass is 9.52. The standard InChI is InChI=1S/C24H30N2O4/c1-24-13-12-18-17-9-7-16(25-30-22-5-3-2-4-21(22)26(28)29)14-15(17)6-8-19(18)20(24)10-11-23(24)27/h2-5,14,17-20,23,27H,6-13H2,1H3/b25-16+/t17?,18?,19?,20?,23-,24?/m0/s1. The van der Waals surface area contributed by atoms with E-state index in [0.29, 0.717) is 11.8 Å². The van der Waals surface area contributed by atoms with Crippen LogP contribution < -0.4 is 4.84 Å². The highest BCUT2D eigenvalue weighted by molar-refractivity contribution is 5.96. The largest absolute Gasteiger partial charge is 0.393 e. The van der Waals surface area contributed by atoms with Gasteiger partial charge in [0.15, 0.2) is 0 Å². The van der Waals surface area contributed by atoms with Crippen LogP contribution in [0.15, 0.2) is 41.1 Å². The van der Waals surface area contributed by atoms with E-state index < -0.39 is 4.92 Å². The van der Waals surface area contributed by atoms with E-state index in [-0.39, 0.29) is 23.0 Å². The molecule has 1 aromatic carbocycles. The summed E-state index contributed by atoms with van der Waals surface area (Å²) < 4.78 is 0. The molecule has 0 saturated heterocycles. The minimum absolute atomic E-state index is 0.0623. The Morgan fingerprint density at radius 1 is 1.13 bits per heavy atom. The van der Waals surface area contributed by atoms with E-state index in [4.69, 9.17) is 4.84 Å². The number of nitrogens with zero attached hydrogens (tertiary/aromatic N) is 2. The van der Waals surface area contributed by atoms with E-state index >= 15 is 0 Å². The molecule has 0 radical (unpaired) electrons. The number of benzene rings is 1. The molecule has 0 spiro atoms. The van der Waals surface area contributed by atoms with Crippen molar-refractivity contribution in [2.24, 2.45) is 34.2 Å². The zero-order valence-corrected chi connectivity index (χ0v) is 17.5. The molecule has 1 N–H and O–H groups in total. The third kappa shape index (κ3) is 3.16. The van der Waals surface area contributed by atoms with Crippen molar-refractivity contribution in [3.63, 3.8) is 0 Å². The molecule has 3 saturated carbocycles. The second kappa shape index (κ2) is 7.49. The van der Waals surface area contributed by atoms with Crippen LogP contribution in [0.5, 0.6) is 5.75 Å². The average Bonchev–Trinajstić information content (AvgIpc) is 3.06. The second-order valence-electron chi connectivity index (χ2n) is 9.87. The van der Waals surface area contributed by atoms with Gasteiger partial charge in [0.05, 0.1) is 16.7 Å². The first kappa shape index (κ1) is 19.7. The van der Waals surface area contributed by atoms with E-state index in [1.165, 1.54) is 30.9 Å². The molecule has 0 bridgehead atoms. The fourth-order valence-corrected chi connectivity index (χ4v) is 7.03. The summed E-state index contributed by atoms with van der Waals surface area (Å²) in [5.41, 5.74) is 2.43. The van der Waals surface area contributed by atoms with Crippen molar-refractivity contribution < 1.29 is 14.9 Å². The molecule has 30 heavy (non-hydrogen) atoms. The number of hydrogen-bond donors (Lipinski definition) is 1. The predicted octanol–water partition coefficient (Wildman–Crippen LogP) is 5.26. The van der Waals surface area contributed by atoms with Gasteiger partial charge in [-0.25, -0.2) is 0 Å². The molecule has 4 aliphatic rings. The highest BCUT2D eigenvalue weighted by Gasteiger charge is 2.55. The van der Waals surface area contributed by atoms with Gasteiger partial charge < -0.3 is 9.94 Å². The monoisotopic (exact) mass is 410 g/mol. The van der Waals surface area contributed by atoms with E-state index in [9.17, 15) is 15.2 Å². The topological polar surface area (TPSA) is 85.0 Å². The molecule has 160 valence electrons. The second-order valence-corrected chi connectivity index (χ2v) is 9.87. The number of oxime groups is 1. The van der Waals surface area contributed by atoms with Gasteiger partial charge in [-0.15, -0.1) is 0 Å². The van der Waals surface area contributed by atoms with Crippen LogP contribution in [0.3, 0.4) is 0 Å². The fraction of sp³-hybridized carbons (Fsp3) is 0.625. The van der Waals surface area contributed by atoms with Crippen LogP contribution in [0.25, 0.3) is 0 Å². The van der Waals surface area contributed by atoms with Crippen LogP contribution in [-0.4, -0.2) is 21.8 Å². The van der Waals surface area contributed by atoms with Crippen LogP contribution in [0, 0.1) is 39.2 Å². The van der Waals surface area contributed by atoms with Gasteiger partial charge in [-0.2, -0.15) is 0 Å². The summed E-state index contributed by atoms with van der Waals surface area (Å²) >= 11 is 0. The number of para-hydroxylation sites is 2. The number of fused-ring (bicyclic) bond motifs is 5. The van der Waals surface area contributed by atoms with Gasteiger partial charge in [0.2, 0.25) is 5.75 Å². The Hall–Kier alpha value is -2.21. The first-order valence-electron chi connectivity index (χ1n) is 11.3. The van der Waals surface area contributed by atoms with Crippen LogP contribution in [0.4, 0.5) is 5.69 Å². The molecule has 0 aliphatic heterocycles. The average molecular weight is 411 g/mol. The van der Waals surface area contributed by atoms with Crippen molar-refractivity contribution in [1.82, 2.24) is 0 Å². The number of rotatable bonds is 3. The molecule has 0 amide bonds. The lowest BCUT2D eigenvalue weighted by Crippen LogP contribution is -2.47. The zero-order valence-electron chi connectivity index (χ0n) is 17.5. The molecule has 6 nitrogen and oxygen atoms in total. The summed E-state index contributed by atoms with van der Waals surface area (Å²) in [5, 5.41) is 26.0. The van der Waals surface area contributed by atoms with Crippen molar-refractivity contribution in [2.45, 2.75) is 64.4 Å². The van der Waals surface area contributed by atoms with E-state index in [1.807, 2.05) is 0 Å². The van der Waals surface area contributed by atoms with Gasteiger partial charge in [-0.1, -0.05) is 29.8 Å². The van der Waals surface area contributed by atoms with Gasteiger partial charge >= 0.3 is 5.69 Å². The van der Waals surface area contributed by atoms with Gasteiger partial charge in [0.25, 0.3) is 0 Å². The number of hydrogen-bond acceptors (Lipinski definition) is 5. The highest BCUT2D eigenvalue weighted by atomic mass is 16.6. The van der Waals surface area contributed by atoms with Gasteiger partial charge in [-0.3, -0.25) is 10.1 Å². The number of nitro groups is 1. The Bertz CT molecular complexity index is 910. The summed E-state index contributed by atoms with van der Waals surface area (Å²) in [4.78, 5) is 16.2. The quantitative estimate of drug-likeness (QED) is 0.544. The smallest absolute Gasteiger partial charge is 0.314 e. The molecule has 3 fully saturated rings. The van der Waals surface area contributed by atoms with Gasteiger partial charge in [0, 0.05) is 6.07 Å². The van der Waals surface area contributed by atoms with Crippen LogP contribution in [-0.2, 0) is 0 Å². The van der Waals surface area contributed by atoms with Crippen LogP contribution >= 0.6 is 0 Å². The van der Waals surface area contributed by atoms with Crippen LogP contribution in [0.2, 0.25) is 0 Å². The number of aliphatic hydroxyl groups excluding tert-OH is 1. The molecule has 5 unspecified atom stereocenters. The molecule has 1 aromatic rings. The third-order valence-corrected chi connectivity index (χ3v) is 8.59. The predicted molar refractivity (Wildman–Crippen MR) is 114 cm³/mol.